The van der Waals surface area contributed by atoms with E-state index in [2.05, 4.69) is 26.2 Å². The molecule has 2 aromatic carbocycles. The first-order valence-electron chi connectivity index (χ1n) is 6.77. The van der Waals surface area contributed by atoms with Gasteiger partial charge in [-0.1, -0.05) is 40.9 Å². The monoisotopic (exact) mass is 476 g/mol. The zero-order valence-corrected chi connectivity index (χ0v) is 16.9. The zero-order chi connectivity index (χ0) is 18.1. The fourth-order valence-corrected chi connectivity index (χ4v) is 4.00. The summed E-state index contributed by atoms with van der Waals surface area (Å²) in [6, 6.07) is 8.18. The number of amidine groups is 1. The second kappa shape index (κ2) is 7.60. The largest absolute Gasteiger partial charge is 0.506 e. The Morgan fingerprint density at radius 1 is 1.24 bits per heavy atom. The standard InChI is InChI=1S/C16H8BrCl3N2O2S/c17-9-6-8(18)4-7(14(9)23)5-12-15(24)22-16(25-12)21-11-3-1-2-10(19)13(11)20/h1-6,23H,(H,21,22,24)/b12-5-. The Kier molecular flexibility index (Phi) is 5.65. The number of amides is 1. The molecule has 0 aliphatic carbocycles. The van der Waals surface area contributed by atoms with Gasteiger partial charge in [-0.2, -0.15) is 0 Å². The van der Waals surface area contributed by atoms with Gasteiger partial charge in [0.2, 0.25) is 0 Å². The fourth-order valence-electron chi connectivity index (χ4n) is 2.01. The minimum atomic E-state index is -0.336. The highest BCUT2D eigenvalue weighted by atomic mass is 79.9. The van der Waals surface area contributed by atoms with E-state index < -0.39 is 0 Å². The molecule has 1 amide bonds. The lowest BCUT2D eigenvalue weighted by atomic mass is 10.2. The number of thioether (sulfide) groups is 1. The van der Waals surface area contributed by atoms with Crippen LogP contribution in [0.2, 0.25) is 15.1 Å². The molecule has 3 rings (SSSR count). The quantitative estimate of drug-likeness (QED) is 0.520. The maximum atomic E-state index is 12.1. The Hall–Kier alpha value is -1.18. The van der Waals surface area contributed by atoms with Crippen molar-refractivity contribution < 1.29 is 9.90 Å². The van der Waals surface area contributed by atoms with Crippen molar-refractivity contribution in [3.63, 3.8) is 0 Å². The average Bonchev–Trinajstić information content (AvgIpc) is 2.88. The lowest BCUT2D eigenvalue weighted by Gasteiger charge is -2.03. The lowest BCUT2D eigenvalue weighted by Crippen LogP contribution is -2.19. The molecular formula is C16H8BrCl3N2O2S. The molecule has 0 aromatic heterocycles. The number of hydrogen-bond acceptors (Lipinski definition) is 4. The molecule has 1 heterocycles. The first kappa shape index (κ1) is 18.6. The van der Waals surface area contributed by atoms with E-state index in [9.17, 15) is 9.90 Å². The van der Waals surface area contributed by atoms with Gasteiger partial charge in [-0.3, -0.25) is 4.79 Å². The van der Waals surface area contributed by atoms with Gasteiger partial charge in [-0.15, -0.1) is 0 Å². The maximum Gasteiger partial charge on any atom is 0.264 e. The average molecular weight is 479 g/mol. The molecule has 9 heteroatoms. The molecule has 128 valence electrons. The number of aromatic hydroxyl groups is 1. The van der Waals surface area contributed by atoms with Gasteiger partial charge in [-0.05, 0) is 58.0 Å². The van der Waals surface area contributed by atoms with Crippen LogP contribution in [0.4, 0.5) is 5.69 Å². The molecule has 1 aliphatic rings. The summed E-state index contributed by atoms with van der Waals surface area (Å²) in [6.07, 6.45) is 1.54. The Morgan fingerprint density at radius 2 is 2.00 bits per heavy atom. The molecule has 0 radical (unpaired) electrons. The van der Waals surface area contributed by atoms with Gasteiger partial charge < -0.3 is 10.4 Å². The van der Waals surface area contributed by atoms with Crippen molar-refractivity contribution in [2.45, 2.75) is 0 Å². The number of carbonyl (C=O) groups is 1. The van der Waals surface area contributed by atoms with Gasteiger partial charge in [-0.25, -0.2) is 4.99 Å². The second-order valence-corrected chi connectivity index (χ2v) is 7.99. The third kappa shape index (κ3) is 4.15. The highest BCUT2D eigenvalue weighted by molar-refractivity contribution is 9.10. The van der Waals surface area contributed by atoms with E-state index in [0.29, 0.717) is 40.9 Å². The van der Waals surface area contributed by atoms with Gasteiger partial charge in [0.05, 0.1) is 25.1 Å². The second-order valence-electron chi connectivity index (χ2n) is 4.88. The van der Waals surface area contributed by atoms with Gasteiger partial charge in [0.1, 0.15) is 5.75 Å². The van der Waals surface area contributed by atoms with E-state index in [4.69, 9.17) is 34.8 Å². The Bertz CT molecular complexity index is 947. The molecule has 0 atom stereocenters. The Balaban J connectivity index is 1.93. The van der Waals surface area contributed by atoms with Crippen LogP contribution in [-0.4, -0.2) is 16.2 Å². The van der Waals surface area contributed by atoms with Crippen LogP contribution in [0.1, 0.15) is 5.56 Å². The SMILES string of the molecule is O=C1NC(=Nc2cccc(Cl)c2Cl)S/C1=C\c1cc(Cl)cc(Br)c1O. The van der Waals surface area contributed by atoms with Crippen molar-refractivity contribution in [2.75, 3.05) is 0 Å². The Labute approximate surface area is 171 Å². The number of nitrogens with zero attached hydrogens (tertiary/aromatic N) is 1. The number of halogens is 4. The summed E-state index contributed by atoms with van der Waals surface area (Å²) in [7, 11) is 0. The van der Waals surface area contributed by atoms with Gasteiger partial charge in [0.25, 0.3) is 5.91 Å². The molecule has 0 saturated carbocycles. The van der Waals surface area contributed by atoms with Crippen LogP contribution in [0.25, 0.3) is 6.08 Å². The van der Waals surface area contributed by atoms with Crippen molar-refractivity contribution in [1.29, 1.82) is 0 Å². The van der Waals surface area contributed by atoms with Gasteiger partial charge in [0.15, 0.2) is 5.17 Å². The molecule has 25 heavy (non-hydrogen) atoms. The van der Waals surface area contributed by atoms with Crippen LogP contribution >= 0.6 is 62.5 Å². The molecule has 0 spiro atoms. The van der Waals surface area contributed by atoms with Crippen molar-refractivity contribution >= 4 is 85.3 Å². The number of hydrogen-bond donors (Lipinski definition) is 2. The summed E-state index contributed by atoms with van der Waals surface area (Å²) in [6.45, 7) is 0. The molecule has 1 saturated heterocycles. The number of nitrogens with one attached hydrogen (secondary N) is 1. The fraction of sp³-hybridized carbons (Fsp3) is 0. The highest BCUT2D eigenvalue weighted by Crippen LogP contribution is 2.37. The third-order valence-electron chi connectivity index (χ3n) is 3.15. The zero-order valence-electron chi connectivity index (χ0n) is 12.2. The van der Waals surface area contributed by atoms with Crippen molar-refractivity contribution in [3.8, 4) is 5.75 Å². The number of carbonyl (C=O) groups excluding carboxylic acids is 1. The highest BCUT2D eigenvalue weighted by Gasteiger charge is 2.25. The van der Waals surface area contributed by atoms with Gasteiger partial charge >= 0.3 is 0 Å². The molecule has 4 nitrogen and oxygen atoms in total. The maximum absolute atomic E-state index is 12.1. The molecule has 0 unspecified atom stereocenters. The topological polar surface area (TPSA) is 61.7 Å². The van der Waals surface area contributed by atoms with Crippen LogP contribution in [0, 0.1) is 0 Å². The van der Waals surface area contributed by atoms with Crippen LogP contribution < -0.4 is 5.32 Å². The number of phenolic OH excluding ortho intramolecular Hbond substituents is 1. The van der Waals surface area contributed by atoms with E-state index in [1.807, 2.05) is 0 Å². The number of phenols is 1. The molecule has 2 N–H and O–H groups in total. The Morgan fingerprint density at radius 3 is 2.76 bits per heavy atom. The van der Waals surface area contributed by atoms with E-state index in [-0.39, 0.29) is 11.7 Å². The first-order chi connectivity index (χ1) is 11.8. The van der Waals surface area contributed by atoms with Crippen LogP contribution in [0.3, 0.4) is 0 Å². The van der Waals surface area contributed by atoms with Crippen LogP contribution in [0.5, 0.6) is 5.75 Å². The molecule has 2 aromatic rings. The summed E-state index contributed by atoms with van der Waals surface area (Å²) < 4.78 is 0.440. The van der Waals surface area contributed by atoms with E-state index in [1.165, 1.54) is 6.08 Å². The van der Waals surface area contributed by atoms with Crippen LogP contribution in [0.15, 0.2) is 44.7 Å². The van der Waals surface area contributed by atoms with Crippen molar-refractivity contribution in [3.05, 3.63) is 60.3 Å². The summed E-state index contributed by atoms with van der Waals surface area (Å²) in [4.78, 5) is 16.8. The summed E-state index contributed by atoms with van der Waals surface area (Å²) in [5.41, 5.74) is 0.866. The number of rotatable bonds is 2. The van der Waals surface area contributed by atoms with Gasteiger partial charge in [0, 0.05) is 10.6 Å². The minimum Gasteiger partial charge on any atom is -0.506 e. The van der Waals surface area contributed by atoms with E-state index >= 15 is 0 Å². The normalized spacial score (nSPS) is 17.4. The lowest BCUT2D eigenvalue weighted by molar-refractivity contribution is -0.115. The summed E-state index contributed by atoms with van der Waals surface area (Å²) in [5.74, 6) is -0.342. The summed E-state index contributed by atoms with van der Waals surface area (Å²) >= 11 is 22.4. The molecule has 0 bridgehead atoms. The van der Waals surface area contributed by atoms with E-state index in [0.717, 1.165) is 11.8 Å². The number of benzene rings is 2. The first-order valence-corrected chi connectivity index (χ1v) is 9.51. The third-order valence-corrected chi connectivity index (χ3v) is 5.69. The smallest absolute Gasteiger partial charge is 0.264 e. The van der Waals surface area contributed by atoms with Crippen molar-refractivity contribution in [1.82, 2.24) is 5.32 Å². The number of aliphatic imine (C=N–C) groups is 1. The molecular weight excluding hydrogens is 471 g/mol. The minimum absolute atomic E-state index is 0.00595. The van der Waals surface area contributed by atoms with Crippen molar-refractivity contribution in [2.24, 2.45) is 4.99 Å². The predicted octanol–water partition coefficient (Wildman–Crippen LogP) is 6.01. The van der Waals surface area contributed by atoms with Crippen LogP contribution in [-0.2, 0) is 4.79 Å². The molecule has 1 fully saturated rings. The van der Waals surface area contributed by atoms with E-state index in [1.54, 1.807) is 30.3 Å². The molecule has 1 aliphatic heterocycles. The summed E-state index contributed by atoms with van der Waals surface area (Å²) in [5, 5.41) is 14.2. The predicted molar refractivity (Wildman–Crippen MR) is 108 cm³/mol.